The van der Waals surface area contributed by atoms with Gasteiger partial charge >= 0.3 is 0 Å². The molecule has 78 valence electrons. The molecular formula is C8H14N4O2. The summed E-state index contributed by atoms with van der Waals surface area (Å²) < 4.78 is 4.53. The molecule has 1 aromatic rings. The van der Waals surface area contributed by atoms with Gasteiger partial charge in [-0.2, -0.15) is 4.98 Å². The predicted molar refractivity (Wildman–Crippen MR) is 49.2 cm³/mol. The number of hydrogen-bond donors (Lipinski definition) is 2. The number of hydrogen-bond acceptors (Lipinski definition) is 5. The summed E-state index contributed by atoms with van der Waals surface area (Å²) in [6, 6.07) is 0. The van der Waals surface area contributed by atoms with E-state index >= 15 is 0 Å². The highest BCUT2D eigenvalue weighted by molar-refractivity contribution is 5.78. The highest BCUT2D eigenvalue weighted by Crippen LogP contribution is 1.93. The molecule has 0 saturated carbocycles. The van der Waals surface area contributed by atoms with Crippen LogP contribution in [0.1, 0.15) is 12.7 Å². The molecule has 0 saturated heterocycles. The Kier molecular flexibility index (Phi) is 4.06. The first-order valence-corrected chi connectivity index (χ1v) is 4.41. The lowest BCUT2D eigenvalue weighted by molar-refractivity contribution is -0.124. The fraction of sp³-hybridized carbons (Fsp3) is 0.625. The largest absolute Gasteiger partial charge is 0.348 e. The van der Waals surface area contributed by atoms with E-state index in [2.05, 4.69) is 25.3 Å². The predicted octanol–water partition coefficient (Wildman–Crippen LogP) is -0.459. The van der Waals surface area contributed by atoms with Crippen LogP contribution in [0, 0.1) is 5.92 Å². The SMILES string of the molecule is CNCC(C)C(=O)NCc1ncon1. The van der Waals surface area contributed by atoms with Crippen molar-refractivity contribution in [2.45, 2.75) is 13.5 Å². The summed E-state index contributed by atoms with van der Waals surface area (Å²) >= 11 is 0. The number of nitrogens with zero attached hydrogens (tertiary/aromatic N) is 2. The van der Waals surface area contributed by atoms with E-state index in [0.29, 0.717) is 18.9 Å². The van der Waals surface area contributed by atoms with Crippen molar-refractivity contribution >= 4 is 5.91 Å². The van der Waals surface area contributed by atoms with Crippen LogP contribution in [-0.4, -0.2) is 29.6 Å². The molecule has 0 bridgehead atoms. The number of carbonyl (C=O) groups excluding carboxylic acids is 1. The molecule has 0 fully saturated rings. The highest BCUT2D eigenvalue weighted by atomic mass is 16.5. The molecular weight excluding hydrogens is 184 g/mol. The summed E-state index contributed by atoms with van der Waals surface area (Å²) in [5.41, 5.74) is 0. The zero-order valence-electron chi connectivity index (χ0n) is 8.28. The summed E-state index contributed by atoms with van der Waals surface area (Å²) in [6.45, 7) is 2.81. The first-order valence-electron chi connectivity index (χ1n) is 4.41. The fourth-order valence-corrected chi connectivity index (χ4v) is 1.01. The summed E-state index contributed by atoms with van der Waals surface area (Å²) in [5, 5.41) is 9.21. The van der Waals surface area contributed by atoms with Crippen LogP contribution < -0.4 is 10.6 Å². The second kappa shape index (κ2) is 5.33. The lowest BCUT2D eigenvalue weighted by Gasteiger charge is -2.09. The third-order valence-electron chi connectivity index (χ3n) is 1.79. The number of rotatable bonds is 5. The van der Waals surface area contributed by atoms with Crippen LogP contribution in [0.2, 0.25) is 0 Å². The van der Waals surface area contributed by atoms with E-state index in [1.807, 2.05) is 14.0 Å². The second-order valence-corrected chi connectivity index (χ2v) is 3.02. The van der Waals surface area contributed by atoms with E-state index in [0.717, 1.165) is 0 Å². The van der Waals surface area contributed by atoms with Gasteiger partial charge in [0.1, 0.15) is 0 Å². The normalized spacial score (nSPS) is 12.4. The van der Waals surface area contributed by atoms with Gasteiger partial charge in [-0.05, 0) is 7.05 Å². The first kappa shape index (κ1) is 10.6. The molecule has 1 heterocycles. The quantitative estimate of drug-likeness (QED) is 0.669. The molecule has 1 aromatic heterocycles. The number of aromatic nitrogens is 2. The van der Waals surface area contributed by atoms with Crippen molar-refractivity contribution in [1.29, 1.82) is 0 Å². The molecule has 6 heteroatoms. The standard InChI is InChI=1S/C8H14N4O2/c1-6(3-9-2)8(13)10-4-7-11-5-14-12-7/h5-6,9H,3-4H2,1-2H3,(H,10,13). The Morgan fingerprint density at radius 2 is 2.50 bits per heavy atom. The van der Waals surface area contributed by atoms with Crippen LogP contribution in [0.15, 0.2) is 10.9 Å². The van der Waals surface area contributed by atoms with E-state index in [1.165, 1.54) is 6.39 Å². The van der Waals surface area contributed by atoms with Gasteiger partial charge in [-0.1, -0.05) is 12.1 Å². The summed E-state index contributed by atoms with van der Waals surface area (Å²) in [4.78, 5) is 15.2. The van der Waals surface area contributed by atoms with Crippen LogP contribution in [0.4, 0.5) is 0 Å². The fourth-order valence-electron chi connectivity index (χ4n) is 1.01. The molecule has 6 nitrogen and oxygen atoms in total. The average Bonchev–Trinajstić information content (AvgIpc) is 2.67. The maximum Gasteiger partial charge on any atom is 0.224 e. The van der Waals surface area contributed by atoms with Crippen LogP contribution >= 0.6 is 0 Å². The minimum atomic E-state index is -0.0631. The van der Waals surface area contributed by atoms with E-state index in [9.17, 15) is 4.79 Å². The Morgan fingerprint density at radius 1 is 1.71 bits per heavy atom. The van der Waals surface area contributed by atoms with Gasteiger partial charge in [-0.3, -0.25) is 4.79 Å². The Labute approximate surface area is 82.1 Å². The van der Waals surface area contributed by atoms with Gasteiger partial charge in [0, 0.05) is 12.5 Å². The van der Waals surface area contributed by atoms with Crippen LogP contribution in [0.25, 0.3) is 0 Å². The molecule has 0 spiro atoms. The van der Waals surface area contributed by atoms with Crippen LogP contribution in [0.3, 0.4) is 0 Å². The first-order chi connectivity index (χ1) is 6.74. The van der Waals surface area contributed by atoms with Gasteiger partial charge in [0.15, 0.2) is 5.82 Å². The van der Waals surface area contributed by atoms with E-state index < -0.39 is 0 Å². The minimum Gasteiger partial charge on any atom is -0.348 e. The molecule has 0 aliphatic heterocycles. The van der Waals surface area contributed by atoms with E-state index in [1.54, 1.807) is 0 Å². The van der Waals surface area contributed by atoms with Gasteiger partial charge in [-0.15, -0.1) is 0 Å². The zero-order chi connectivity index (χ0) is 10.4. The molecule has 1 atom stereocenters. The molecule has 2 N–H and O–H groups in total. The van der Waals surface area contributed by atoms with Crippen LogP contribution in [0.5, 0.6) is 0 Å². The van der Waals surface area contributed by atoms with Crippen molar-refractivity contribution in [1.82, 2.24) is 20.8 Å². The minimum absolute atomic E-state index is 0.0239. The number of nitrogens with one attached hydrogen (secondary N) is 2. The third-order valence-corrected chi connectivity index (χ3v) is 1.79. The summed E-state index contributed by atoms with van der Waals surface area (Å²) in [7, 11) is 1.81. The Morgan fingerprint density at radius 3 is 3.07 bits per heavy atom. The van der Waals surface area contributed by atoms with E-state index in [-0.39, 0.29) is 11.8 Å². The number of amides is 1. The molecule has 1 amide bonds. The van der Waals surface area contributed by atoms with Crippen molar-refractivity contribution in [2.75, 3.05) is 13.6 Å². The van der Waals surface area contributed by atoms with Gasteiger partial charge in [0.25, 0.3) is 0 Å². The molecule has 0 aliphatic carbocycles. The van der Waals surface area contributed by atoms with Crippen molar-refractivity contribution in [3.63, 3.8) is 0 Å². The molecule has 0 aromatic carbocycles. The van der Waals surface area contributed by atoms with E-state index in [4.69, 9.17) is 0 Å². The Balaban J connectivity index is 2.27. The van der Waals surface area contributed by atoms with Gasteiger partial charge in [-0.25, -0.2) is 0 Å². The summed E-state index contributed by atoms with van der Waals surface area (Å²) in [5.74, 6) is 0.394. The van der Waals surface area contributed by atoms with Crippen molar-refractivity contribution in [2.24, 2.45) is 5.92 Å². The lowest BCUT2D eigenvalue weighted by Crippen LogP contribution is -2.34. The monoisotopic (exact) mass is 198 g/mol. The third kappa shape index (κ3) is 3.14. The van der Waals surface area contributed by atoms with Gasteiger partial charge in [0.2, 0.25) is 12.3 Å². The Bertz CT molecular complexity index is 273. The highest BCUT2D eigenvalue weighted by Gasteiger charge is 2.11. The number of carbonyl (C=O) groups is 1. The molecule has 1 rings (SSSR count). The van der Waals surface area contributed by atoms with Crippen molar-refractivity contribution in [3.05, 3.63) is 12.2 Å². The molecule has 0 aliphatic rings. The zero-order valence-corrected chi connectivity index (χ0v) is 8.28. The molecule has 0 radical (unpaired) electrons. The maximum absolute atomic E-state index is 11.4. The summed E-state index contributed by atoms with van der Waals surface area (Å²) in [6.07, 6.45) is 1.23. The Hall–Kier alpha value is -1.43. The maximum atomic E-state index is 11.4. The molecule has 14 heavy (non-hydrogen) atoms. The average molecular weight is 198 g/mol. The van der Waals surface area contributed by atoms with Gasteiger partial charge in [0.05, 0.1) is 6.54 Å². The van der Waals surface area contributed by atoms with Crippen molar-refractivity contribution < 1.29 is 9.32 Å². The second-order valence-electron chi connectivity index (χ2n) is 3.02. The topological polar surface area (TPSA) is 80.0 Å². The molecule has 1 unspecified atom stereocenters. The lowest BCUT2D eigenvalue weighted by atomic mass is 10.1. The van der Waals surface area contributed by atoms with Gasteiger partial charge < -0.3 is 15.2 Å². The smallest absolute Gasteiger partial charge is 0.224 e. The van der Waals surface area contributed by atoms with Crippen molar-refractivity contribution in [3.8, 4) is 0 Å². The van der Waals surface area contributed by atoms with Crippen LogP contribution in [-0.2, 0) is 11.3 Å².